The SMILES string of the molecule is CCNCC1CCN(CC)C1c1ccccc1OC.O=C(O)C(=O)O. The molecule has 7 heteroatoms. The molecule has 1 aromatic rings. The van der Waals surface area contributed by atoms with Gasteiger partial charge in [-0.15, -0.1) is 0 Å². The van der Waals surface area contributed by atoms with Gasteiger partial charge in [0.25, 0.3) is 0 Å². The molecule has 1 aliphatic rings. The standard InChI is InChI=1S/C16H26N2O.C2H2O4/c1-4-17-12-13-10-11-18(5-2)16(13)14-8-6-7-9-15(14)19-3;3-1(4)2(5)6/h6-9,13,16-17H,4-5,10-12H2,1-3H3;(H,3,4)(H,5,6). The van der Waals surface area contributed by atoms with Gasteiger partial charge in [0.1, 0.15) is 5.75 Å². The number of carboxylic acid groups (broad SMARTS) is 2. The zero-order valence-electron chi connectivity index (χ0n) is 15.1. The van der Waals surface area contributed by atoms with E-state index in [2.05, 4.69) is 42.3 Å². The van der Waals surface area contributed by atoms with Crippen LogP contribution in [0.2, 0.25) is 0 Å². The summed E-state index contributed by atoms with van der Waals surface area (Å²) in [4.78, 5) is 20.8. The number of nitrogens with one attached hydrogen (secondary N) is 1. The lowest BCUT2D eigenvalue weighted by Gasteiger charge is -2.29. The second-order valence-corrected chi connectivity index (χ2v) is 5.78. The molecule has 0 bridgehead atoms. The lowest BCUT2D eigenvalue weighted by molar-refractivity contribution is -0.159. The minimum atomic E-state index is -1.82. The van der Waals surface area contributed by atoms with Crippen molar-refractivity contribution in [3.05, 3.63) is 29.8 Å². The van der Waals surface area contributed by atoms with Crippen LogP contribution in [-0.4, -0.2) is 60.3 Å². The number of hydrogen-bond acceptors (Lipinski definition) is 5. The van der Waals surface area contributed by atoms with Gasteiger partial charge in [0.15, 0.2) is 0 Å². The molecule has 1 heterocycles. The van der Waals surface area contributed by atoms with Crippen LogP contribution in [0.1, 0.15) is 31.9 Å². The molecule has 2 atom stereocenters. The second kappa shape index (κ2) is 10.7. The van der Waals surface area contributed by atoms with E-state index in [0.717, 1.165) is 25.4 Å². The first-order valence-electron chi connectivity index (χ1n) is 8.50. The average molecular weight is 352 g/mol. The van der Waals surface area contributed by atoms with Gasteiger partial charge in [0, 0.05) is 11.6 Å². The fourth-order valence-corrected chi connectivity index (χ4v) is 3.19. The summed E-state index contributed by atoms with van der Waals surface area (Å²) in [6.45, 7) is 8.85. The van der Waals surface area contributed by atoms with Crippen LogP contribution in [0.3, 0.4) is 0 Å². The minimum Gasteiger partial charge on any atom is -0.496 e. The summed E-state index contributed by atoms with van der Waals surface area (Å²) in [6.07, 6.45) is 1.27. The van der Waals surface area contributed by atoms with Crippen molar-refractivity contribution in [3.8, 4) is 5.75 Å². The number of rotatable bonds is 6. The number of ether oxygens (including phenoxy) is 1. The Bertz CT molecular complexity index is 552. The number of aliphatic carboxylic acids is 2. The van der Waals surface area contributed by atoms with Gasteiger partial charge in [-0.05, 0) is 44.6 Å². The predicted octanol–water partition coefficient (Wildman–Crippen LogP) is 1.84. The maximum atomic E-state index is 9.10. The number of carboxylic acids is 2. The Morgan fingerprint density at radius 1 is 1.24 bits per heavy atom. The van der Waals surface area contributed by atoms with E-state index >= 15 is 0 Å². The third-order valence-electron chi connectivity index (χ3n) is 4.33. The summed E-state index contributed by atoms with van der Waals surface area (Å²) in [6, 6.07) is 8.95. The number of benzene rings is 1. The highest BCUT2D eigenvalue weighted by atomic mass is 16.5. The first kappa shape index (κ1) is 20.9. The molecular formula is C18H28N2O5. The van der Waals surface area contributed by atoms with Crippen molar-refractivity contribution >= 4 is 11.9 Å². The zero-order valence-corrected chi connectivity index (χ0v) is 15.1. The van der Waals surface area contributed by atoms with Crippen LogP contribution in [0.4, 0.5) is 0 Å². The van der Waals surface area contributed by atoms with Gasteiger partial charge in [-0.25, -0.2) is 9.59 Å². The van der Waals surface area contributed by atoms with E-state index in [-0.39, 0.29) is 0 Å². The molecule has 0 aliphatic carbocycles. The van der Waals surface area contributed by atoms with E-state index in [1.54, 1.807) is 7.11 Å². The number of methoxy groups -OCH3 is 1. The fourth-order valence-electron chi connectivity index (χ4n) is 3.19. The maximum Gasteiger partial charge on any atom is 0.414 e. The Hall–Kier alpha value is -2.12. The minimum absolute atomic E-state index is 0.486. The molecule has 2 rings (SSSR count). The van der Waals surface area contributed by atoms with Crippen molar-refractivity contribution in [1.82, 2.24) is 10.2 Å². The summed E-state index contributed by atoms with van der Waals surface area (Å²) in [5, 5.41) is 18.3. The molecule has 1 saturated heterocycles. The number of carbonyl (C=O) groups is 2. The van der Waals surface area contributed by atoms with Crippen molar-refractivity contribution in [2.45, 2.75) is 26.3 Å². The van der Waals surface area contributed by atoms with Crippen LogP contribution in [-0.2, 0) is 9.59 Å². The molecule has 7 nitrogen and oxygen atoms in total. The van der Waals surface area contributed by atoms with Crippen molar-refractivity contribution in [2.75, 3.05) is 33.3 Å². The molecule has 0 radical (unpaired) electrons. The van der Waals surface area contributed by atoms with Crippen LogP contribution in [0, 0.1) is 5.92 Å². The molecule has 1 aliphatic heterocycles. The Kier molecular flexibility index (Phi) is 8.94. The quantitative estimate of drug-likeness (QED) is 0.672. The highest BCUT2D eigenvalue weighted by Gasteiger charge is 2.35. The van der Waals surface area contributed by atoms with E-state index in [9.17, 15) is 0 Å². The topological polar surface area (TPSA) is 99.1 Å². The largest absolute Gasteiger partial charge is 0.496 e. The van der Waals surface area contributed by atoms with Gasteiger partial charge in [-0.2, -0.15) is 0 Å². The van der Waals surface area contributed by atoms with Crippen LogP contribution in [0.15, 0.2) is 24.3 Å². The molecule has 0 aromatic heterocycles. The van der Waals surface area contributed by atoms with Crippen LogP contribution < -0.4 is 10.1 Å². The number of nitrogens with zero attached hydrogens (tertiary/aromatic N) is 1. The highest BCUT2D eigenvalue weighted by Crippen LogP contribution is 2.40. The number of hydrogen-bond donors (Lipinski definition) is 3. The molecule has 140 valence electrons. The summed E-state index contributed by atoms with van der Waals surface area (Å²) >= 11 is 0. The smallest absolute Gasteiger partial charge is 0.414 e. The van der Waals surface area contributed by atoms with Gasteiger partial charge < -0.3 is 20.3 Å². The van der Waals surface area contributed by atoms with Gasteiger partial charge in [-0.1, -0.05) is 32.0 Å². The Morgan fingerprint density at radius 3 is 2.40 bits per heavy atom. The Morgan fingerprint density at radius 2 is 1.88 bits per heavy atom. The molecule has 1 aromatic carbocycles. The first-order chi connectivity index (χ1) is 12.0. The van der Waals surface area contributed by atoms with Crippen LogP contribution in [0.5, 0.6) is 5.75 Å². The summed E-state index contributed by atoms with van der Waals surface area (Å²) in [5.74, 6) is -1.95. The monoisotopic (exact) mass is 352 g/mol. The Balaban J connectivity index is 0.000000450. The van der Waals surface area contributed by atoms with Crippen molar-refractivity contribution in [2.24, 2.45) is 5.92 Å². The summed E-state index contributed by atoms with van der Waals surface area (Å²) < 4.78 is 5.56. The fraction of sp³-hybridized carbons (Fsp3) is 0.556. The molecular weight excluding hydrogens is 324 g/mol. The van der Waals surface area contributed by atoms with Gasteiger partial charge in [0.2, 0.25) is 0 Å². The second-order valence-electron chi connectivity index (χ2n) is 5.78. The number of para-hydroxylation sites is 1. The summed E-state index contributed by atoms with van der Waals surface area (Å²) in [7, 11) is 1.77. The molecule has 0 saturated carbocycles. The molecule has 1 fully saturated rings. The molecule has 0 amide bonds. The first-order valence-corrected chi connectivity index (χ1v) is 8.50. The van der Waals surface area contributed by atoms with Crippen LogP contribution in [0.25, 0.3) is 0 Å². The maximum absolute atomic E-state index is 9.10. The van der Waals surface area contributed by atoms with Gasteiger partial charge in [0.05, 0.1) is 7.11 Å². The molecule has 25 heavy (non-hydrogen) atoms. The normalized spacial score (nSPS) is 19.8. The van der Waals surface area contributed by atoms with E-state index in [0.29, 0.717) is 12.0 Å². The molecule has 0 spiro atoms. The zero-order chi connectivity index (χ0) is 18.8. The predicted molar refractivity (Wildman–Crippen MR) is 94.9 cm³/mol. The van der Waals surface area contributed by atoms with Crippen molar-refractivity contribution in [1.29, 1.82) is 0 Å². The van der Waals surface area contributed by atoms with Gasteiger partial charge in [-0.3, -0.25) is 4.90 Å². The molecule has 3 N–H and O–H groups in total. The highest BCUT2D eigenvalue weighted by molar-refractivity contribution is 6.27. The van der Waals surface area contributed by atoms with E-state index in [1.165, 1.54) is 18.5 Å². The average Bonchev–Trinajstić information content (AvgIpc) is 3.02. The third kappa shape index (κ3) is 6.03. The van der Waals surface area contributed by atoms with Crippen molar-refractivity contribution in [3.63, 3.8) is 0 Å². The van der Waals surface area contributed by atoms with E-state index in [4.69, 9.17) is 24.5 Å². The summed E-state index contributed by atoms with van der Waals surface area (Å²) in [5.41, 5.74) is 1.34. The lowest BCUT2D eigenvalue weighted by Crippen LogP contribution is -2.30. The lowest BCUT2D eigenvalue weighted by atomic mass is 9.93. The molecule has 2 unspecified atom stereocenters. The number of likely N-dealkylation sites (tertiary alicyclic amines) is 1. The van der Waals surface area contributed by atoms with E-state index < -0.39 is 11.9 Å². The Labute approximate surface area is 148 Å². The van der Waals surface area contributed by atoms with E-state index in [1.807, 2.05) is 6.07 Å². The van der Waals surface area contributed by atoms with Gasteiger partial charge >= 0.3 is 11.9 Å². The van der Waals surface area contributed by atoms with Crippen molar-refractivity contribution < 1.29 is 24.5 Å². The van der Waals surface area contributed by atoms with Crippen LogP contribution >= 0.6 is 0 Å². The third-order valence-corrected chi connectivity index (χ3v) is 4.33.